The highest BCUT2D eigenvalue weighted by molar-refractivity contribution is 5.94. The smallest absolute Gasteiger partial charge is 0.416 e. The third-order valence-corrected chi connectivity index (χ3v) is 11.6. The molecule has 0 radical (unpaired) electrons. The summed E-state index contributed by atoms with van der Waals surface area (Å²) >= 11 is 0. The van der Waals surface area contributed by atoms with Gasteiger partial charge in [-0.25, -0.2) is 0 Å². The van der Waals surface area contributed by atoms with Gasteiger partial charge in [-0.05, 0) is 42.7 Å². The van der Waals surface area contributed by atoms with Crippen molar-refractivity contribution in [1.29, 1.82) is 0 Å². The number of rotatable bonds is 8. The lowest BCUT2D eigenvalue weighted by atomic mass is 9.50. The van der Waals surface area contributed by atoms with Crippen molar-refractivity contribution in [1.82, 2.24) is 5.32 Å². The molecule has 10 heteroatoms. The number of quaternary nitrogens is 1. The average Bonchev–Trinajstić information content (AvgIpc) is 3.44. The van der Waals surface area contributed by atoms with Gasteiger partial charge in [0.05, 0.1) is 49.8 Å². The van der Waals surface area contributed by atoms with Crippen molar-refractivity contribution in [2.45, 2.75) is 82.7 Å². The maximum Gasteiger partial charge on any atom is 0.416 e. The zero-order valence-corrected chi connectivity index (χ0v) is 29.4. The maximum atomic E-state index is 13.3. The van der Waals surface area contributed by atoms with E-state index in [0.717, 1.165) is 73.1 Å². The third kappa shape index (κ3) is 6.24. The van der Waals surface area contributed by atoms with Crippen LogP contribution in [-0.2, 0) is 34.0 Å². The van der Waals surface area contributed by atoms with Gasteiger partial charge in [-0.15, -0.1) is 0 Å². The van der Waals surface area contributed by atoms with Gasteiger partial charge in [-0.1, -0.05) is 50.1 Å². The van der Waals surface area contributed by atoms with Crippen LogP contribution < -0.4 is 19.5 Å². The van der Waals surface area contributed by atoms with Gasteiger partial charge in [0.2, 0.25) is 0 Å². The predicted octanol–water partition coefficient (Wildman–Crippen LogP) is 6.63. The van der Waals surface area contributed by atoms with Crippen LogP contribution in [0.5, 0.6) is 17.2 Å². The number of nitrogens with zero attached hydrogens (tertiary/aromatic N) is 1. The average molecular weight is 702 g/mol. The van der Waals surface area contributed by atoms with E-state index in [4.69, 9.17) is 14.2 Å². The van der Waals surface area contributed by atoms with Crippen LogP contribution in [0, 0.1) is 23.7 Å². The van der Waals surface area contributed by atoms with Crippen LogP contribution in [0.1, 0.15) is 67.9 Å². The summed E-state index contributed by atoms with van der Waals surface area (Å²) in [7, 11) is 1.58. The van der Waals surface area contributed by atoms with Crippen molar-refractivity contribution in [2.75, 3.05) is 26.7 Å². The first-order chi connectivity index (χ1) is 24.3. The monoisotopic (exact) mass is 701 g/mol. The Morgan fingerprint density at radius 1 is 1.08 bits per heavy atom. The van der Waals surface area contributed by atoms with Crippen LogP contribution in [0.4, 0.5) is 13.2 Å². The van der Waals surface area contributed by atoms with E-state index in [1.165, 1.54) is 24.6 Å². The summed E-state index contributed by atoms with van der Waals surface area (Å²) in [6.07, 6.45) is -0.771. The van der Waals surface area contributed by atoms with Gasteiger partial charge in [0, 0.05) is 66.7 Å². The molecule has 268 valence electrons. The van der Waals surface area contributed by atoms with E-state index in [2.05, 4.69) is 55.3 Å². The van der Waals surface area contributed by atoms with Gasteiger partial charge < -0.3 is 24.0 Å². The van der Waals surface area contributed by atoms with E-state index in [-0.39, 0.29) is 18.0 Å². The van der Waals surface area contributed by atoms with E-state index >= 15 is 0 Å². The molecule has 51 heavy (non-hydrogen) atoms. The van der Waals surface area contributed by atoms with Gasteiger partial charge in [0.25, 0.3) is 5.91 Å². The van der Waals surface area contributed by atoms with E-state index in [9.17, 15) is 22.8 Å². The highest BCUT2D eigenvalue weighted by Gasteiger charge is 2.70. The molecule has 1 saturated heterocycles. The lowest BCUT2D eigenvalue weighted by molar-refractivity contribution is -0.964. The van der Waals surface area contributed by atoms with E-state index in [0.29, 0.717) is 35.2 Å². The van der Waals surface area contributed by atoms with E-state index < -0.39 is 35.1 Å². The van der Waals surface area contributed by atoms with Crippen molar-refractivity contribution in [3.05, 3.63) is 88.5 Å². The summed E-state index contributed by atoms with van der Waals surface area (Å²) in [5.41, 5.74) is 2.45. The van der Waals surface area contributed by atoms with Crippen molar-refractivity contribution in [2.24, 2.45) is 11.8 Å². The van der Waals surface area contributed by atoms with Crippen molar-refractivity contribution >= 4 is 11.9 Å². The zero-order chi connectivity index (χ0) is 36.1. The molecule has 1 unspecified atom stereocenters. The number of nitrogens with one attached hydrogen (secondary N) is 1. The van der Waals surface area contributed by atoms with Crippen LogP contribution in [0.2, 0.25) is 0 Å². The Morgan fingerprint density at radius 3 is 2.49 bits per heavy atom. The summed E-state index contributed by atoms with van der Waals surface area (Å²) in [6.45, 7) is 8.95. The lowest BCUT2D eigenvalue weighted by Gasteiger charge is -2.63. The summed E-state index contributed by atoms with van der Waals surface area (Å²) in [5.74, 6) is 6.77. The maximum absolute atomic E-state index is 13.3. The van der Waals surface area contributed by atoms with Crippen molar-refractivity contribution < 1.29 is 41.5 Å². The minimum Gasteiger partial charge on any atom is -0.493 e. The topological polar surface area (TPSA) is 73.9 Å². The summed E-state index contributed by atoms with van der Waals surface area (Å²) in [6, 6.07) is 16.7. The summed E-state index contributed by atoms with van der Waals surface area (Å²) < 4.78 is 58.7. The summed E-state index contributed by atoms with van der Waals surface area (Å²) in [5, 5.41) is 3.13. The predicted molar refractivity (Wildman–Crippen MR) is 185 cm³/mol. The Kier molecular flexibility index (Phi) is 9.07. The minimum atomic E-state index is -4.45. The Balaban J connectivity index is 1.26. The molecular weight excluding hydrogens is 657 g/mol. The first-order valence-electron chi connectivity index (χ1n) is 17.8. The van der Waals surface area contributed by atoms with Crippen LogP contribution in [0.3, 0.4) is 0 Å². The number of methoxy groups -OCH3 is 1. The van der Waals surface area contributed by atoms with Gasteiger partial charge in [-0.2, -0.15) is 13.2 Å². The molecule has 4 aliphatic rings. The fraction of sp³-hybridized carbons (Fsp3) is 0.463. The number of halogens is 3. The van der Waals surface area contributed by atoms with Gasteiger partial charge in [0.15, 0.2) is 11.5 Å². The number of hydrogen-bond donors (Lipinski definition) is 1. The zero-order valence-electron chi connectivity index (χ0n) is 29.4. The third-order valence-electron chi connectivity index (χ3n) is 11.6. The van der Waals surface area contributed by atoms with Crippen LogP contribution in [-0.4, -0.2) is 61.3 Å². The Morgan fingerprint density at radius 2 is 1.82 bits per heavy atom. The number of carbonyl (C=O) groups excluding carboxylic acids is 2. The van der Waals surface area contributed by atoms with Crippen molar-refractivity contribution in [3.8, 4) is 29.1 Å². The second-order valence-corrected chi connectivity index (χ2v) is 15.0. The van der Waals surface area contributed by atoms with E-state index in [1.54, 1.807) is 13.2 Å². The number of ether oxygens (including phenoxy) is 3. The first kappa shape index (κ1) is 34.9. The fourth-order valence-corrected chi connectivity index (χ4v) is 9.88. The number of alkyl halides is 3. The molecule has 2 fully saturated rings. The second-order valence-electron chi connectivity index (χ2n) is 15.0. The fourth-order valence-electron chi connectivity index (χ4n) is 9.88. The number of benzene rings is 3. The normalized spacial score (nSPS) is 27.1. The first-order valence-corrected chi connectivity index (χ1v) is 17.8. The van der Waals surface area contributed by atoms with Crippen molar-refractivity contribution in [3.63, 3.8) is 0 Å². The van der Waals surface area contributed by atoms with Gasteiger partial charge >= 0.3 is 12.1 Å². The van der Waals surface area contributed by atoms with Gasteiger partial charge in [0.1, 0.15) is 11.9 Å². The SMILES string of the molecule is COc1cc(OC(C)=O)c2c3c1O[C@H]1[C@@H](NC(=O)C#Cc4ccc(C(F)(F)F)cc4)CC[C@H]4[C@@H](C2)[N+](CCc2ccccc2)(CC(C)C)CC[C@@]341. The minimum absolute atomic E-state index is 0.244. The number of amides is 1. The number of likely N-dealkylation sites (tertiary alicyclic amines) is 1. The number of hydrogen-bond acceptors (Lipinski definition) is 5. The van der Waals surface area contributed by atoms with Gasteiger partial charge in [-0.3, -0.25) is 9.59 Å². The molecular formula is C41H44F3N2O5+. The van der Waals surface area contributed by atoms with E-state index in [1.807, 2.05) is 6.07 Å². The molecule has 1 amide bonds. The Bertz CT molecular complexity index is 1880. The molecule has 2 bridgehead atoms. The molecule has 2 aliphatic carbocycles. The number of carbonyl (C=O) groups is 2. The highest BCUT2D eigenvalue weighted by atomic mass is 19.4. The Hall–Kier alpha value is -4.49. The Labute approximate surface area is 297 Å². The molecule has 1 N–H and O–H groups in total. The standard InChI is InChI=1S/C41H43F3N2O5/c1-25(2)24-46(20-18-27-8-6-5-7-9-27)21-19-40-31-15-16-32(45-36(48)17-12-28-10-13-29(14-11-28)41(42,43)44)39(40)51-38-35(49-4)23-34(50-26(3)47)30(37(38)40)22-33(31)46/h5-11,13-14,23,25,31-33,39H,15-16,18-22,24H2,1-4H3/p+1/t31-,32-,33+,39-,40-,46?/m0/s1. The number of esters is 1. The van der Waals surface area contributed by atoms with Crippen LogP contribution in [0.15, 0.2) is 60.7 Å². The molecule has 3 aromatic rings. The highest BCUT2D eigenvalue weighted by Crippen LogP contribution is 2.66. The molecule has 1 saturated carbocycles. The molecule has 0 aromatic heterocycles. The molecule has 2 aliphatic heterocycles. The molecule has 2 heterocycles. The molecule has 3 aromatic carbocycles. The molecule has 7 nitrogen and oxygen atoms in total. The largest absolute Gasteiger partial charge is 0.493 e. The molecule has 6 atom stereocenters. The summed E-state index contributed by atoms with van der Waals surface area (Å²) in [4.78, 5) is 25.8. The van der Waals surface area contributed by atoms with Crippen LogP contribution in [0.25, 0.3) is 0 Å². The molecule has 7 rings (SSSR count). The molecule has 1 spiro atoms. The number of piperidine rings is 1. The quantitative estimate of drug-likeness (QED) is 0.124. The van der Waals surface area contributed by atoms with Crippen LogP contribution >= 0.6 is 0 Å². The second kappa shape index (κ2) is 13.2. The lowest BCUT2D eigenvalue weighted by Crippen LogP contribution is -2.75.